The fraction of sp³-hybridized carbons (Fsp3) is 0.182. The maximum Gasteiger partial charge on any atom is 0.238 e. The Balaban J connectivity index is 2.29. The van der Waals surface area contributed by atoms with Crippen LogP contribution in [0.15, 0.2) is 24.5 Å². The van der Waals surface area contributed by atoms with Crippen LogP contribution in [0.1, 0.15) is 6.42 Å². The quantitative estimate of drug-likeness (QED) is 0.821. The van der Waals surface area contributed by atoms with Gasteiger partial charge in [0.2, 0.25) is 5.91 Å². The van der Waals surface area contributed by atoms with Crippen molar-refractivity contribution in [3.05, 3.63) is 24.5 Å². The normalized spacial score (nSPS) is 10.0. The van der Waals surface area contributed by atoms with Gasteiger partial charge in [-0.15, -0.1) is 0 Å². The van der Waals surface area contributed by atoms with Crippen molar-refractivity contribution < 1.29 is 4.79 Å². The Kier molecular flexibility index (Phi) is 2.56. The number of amides is 1. The first-order valence-electron chi connectivity index (χ1n) is 4.78. The number of nitriles is 1. The van der Waals surface area contributed by atoms with Crippen LogP contribution in [0.5, 0.6) is 0 Å². The summed E-state index contributed by atoms with van der Waals surface area (Å²) in [4.78, 5) is 15.4. The summed E-state index contributed by atoms with van der Waals surface area (Å²) in [5, 5.41) is 11.0. The zero-order valence-corrected chi connectivity index (χ0v) is 8.77. The van der Waals surface area contributed by atoms with E-state index in [4.69, 9.17) is 5.26 Å². The Bertz CT molecular complexity index is 579. The number of nitrogens with zero attached hydrogens (tertiary/aromatic N) is 3. The number of carbonyl (C=O) groups excluding carboxylic acids is 1. The highest BCUT2D eigenvalue weighted by Crippen LogP contribution is 2.17. The molecule has 0 atom stereocenters. The minimum absolute atomic E-state index is 0.135. The topological polar surface area (TPSA) is 70.7 Å². The molecule has 5 heteroatoms. The Morgan fingerprint density at radius 2 is 2.44 bits per heavy atom. The second kappa shape index (κ2) is 4.03. The van der Waals surface area contributed by atoms with Gasteiger partial charge in [0, 0.05) is 12.7 Å². The monoisotopic (exact) mass is 214 g/mol. The molecule has 0 radical (unpaired) electrons. The number of nitrogens with one attached hydrogen (secondary N) is 1. The van der Waals surface area contributed by atoms with E-state index in [-0.39, 0.29) is 12.3 Å². The second-order valence-electron chi connectivity index (χ2n) is 3.44. The molecule has 0 aliphatic carbocycles. The van der Waals surface area contributed by atoms with Crippen LogP contribution in [0.4, 0.5) is 5.69 Å². The summed E-state index contributed by atoms with van der Waals surface area (Å²) in [6.45, 7) is 0. The van der Waals surface area contributed by atoms with Gasteiger partial charge < -0.3 is 9.88 Å². The van der Waals surface area contributed by atoms with E-state index in [1.165, 1.54) is 0 Å². The molecule has 1 heterocycles. The van der Waals surface area contributed by atoms with E-state index in [9.17, 15) is 4.79 Å². The van der Waals surface area contributed by atoms with Crippen molar-refractivity contribution in [2.45, 2.75) is 6.42 Å². The van der Waals surface area contributed by atoms with E-state index in [0.29, 0.717) is 5.69 Å². The first-order chi connectivity index (χ1) is 7.70. The fourth-order valence-electron chi connectivity index (χ4n) is 1.48. The third-order valence-corrected chi connectivity index (χ3v) is 2.25. The first-order valence-corrected chi connectivity index (χ1v) is 4.78. The van der Waals surface area contributed by atoms with Crippen LogP contribution in [0.3, 0.4) is 0 Å². The lowest BCUT2D eigenvalue weighted by molar-refractivity contribution is -0.115. The molecular weight excluding hydrogens is 204 g/mol. The van der Waals surface area contributed by atoms with Gasteiger partial charge in [-0.3, -0.25) is 4.79 Å². The van der Waals surface area contributed by atoms with Crippen molar-refractivity contribution >= 4 is 22.6 Å². The molecule has 5 nitrogen and oxygen atoms in total. The number of aromatic nitrogens is 2. The number of hydrogen-bond acceptors (Lipinski definition) is 3. The summed E-state index contributed by atoms with van der Waals surface area (Å²) in [6.07, 6.45) is 1.58. The van der Waals surface area contributed by atoms with Crippen LogP contribution in [-0.4, -0.2) is 15.5 Å². The van der Waals surface area contributed by atoms with E-state index in [0.717, 1.165) is 11.0 Å². The van der Waals surface area contributed by atoms with Crippen molar-refractivity contribution in [1.82, 2.24) is 9.55 Å². The molecule has 1 N–H and O–H groups in total. The number of hydrogen-bond donors (Lipinski definition) is 1. The average molecular weight is 214 g/mol. The molecule has 16 heavy (non-hydrogen) atoms. The molecule has 0 bridgehead atoms. The lowest BCUT2D eigenvalue weighted by Crippen LogP contribution is -2.09. The van der Waals surface area contributed by atoms with Crippen LogP contribution >= 0.6 is 0 Å². The van der Waals surface area contributed by atoms with Gasteiger partial charge in [-0.25, -0.2) is 4.98 Å². The Labute approximate surface area is 92.3 Å². The zero-order chi connectivity index (χ0) is 11.5. The molecule has 0 saturated carbocycles. The van der Waals surface area contributed by atoms with Gasteiger partial charge in [0.15, 0.2) is 0 Å². The van der Waals surface area contributed by atoms with Gasteiger partial charge in [-0.1, -0.05) is 0 Å². The fourth-order valence-corrected chi connectivity index (χ4v) is 1.48. The summed E-state index contributed by atoms with van der Waals surface area (Å²) in [6, 6.07) is 7.23. The third-order valence-electron chi connectivity index (χ3n) is 2.25. The van der Waals surface area contributed by atoms with Gasteiger partial charge >= 0.3 is 0 Å². The van der Waals surface area contributed by atoms with Gasteiger partial charge in [0.25, 0.3) is 0 Å². The lowest BCUT2D eigenvalue weighted by Gasteiger charge is -2.03. The van der Waals surface area contributed by atoms with E-state index in [2.05, 4.69) is 10.3 Å². The van der Waals surface area contributed by atoms with Gasteiger partial charge in [0.1, 0.15) is 6.42 Å². The summed E-state index contributed by atoms with van der Waals surface area (Å²) < 4.78 is 1.87. The molecule has 2 aromatic rings. The highest BCUT2D eigenvalue weighted by Gasteiger charge is 2.04. The van der Waals surface area contributed by atoms with Gasteiger partial charge in [0.05, 0.1) is 23.4 Å². The van der Waals surface area contributed by atoms with Crippen LogP contribution in [0, 0.1) is 11.3 Å². The van der Waals surface area contributed by atoms with E-state index < -0.39 is 0 Å². The Morgan fingerprint density at radius 1 is 1.62 bits per heavy atom. The molecule has 0 saturated heterocycles. The average Bonchev–Trinajstić information content (AvgIpc) is 2.61. The molecule has 80 valence electrons. The van der Waals surface area contributed by atoms with Crippen LogP contribution in [0.25, 0.3) is 11.0 Å². The smallest absolute Gasteiger partial charge is 0.238 e. The number of imidazole rings is 1. The number of carbonyl (C=O) groups is 1. The van der Waals surface area contributed by atoms with Crippen LogP contribution in [-0.2, 0) is 11.8 Å². The molecule has 1 aromatic carbocycles. The number of anilines is 1. The van der Waals surface area contributed by atoms with Crippen molar-refractivity contribution in [3.8, 4) is 6.07 Å². The van der Waals surface area contributed by atoms with Crippen LogP contribution < -0.4 is 5.32 Å². The molecule has 0 aliphatic heterocycles. The van der Waals surface area contributed by atoms with Crippen molar-refractivity contribution in [2.75, 3.05) is 5.32 Å². The number of benzene rings is 1. The Morgan fingerprint density at radius 3 is 3.19 bits per heavy atom. The number of fused-ring (bicyclic) bond motifs is 1. The molecule has 2 rings (SSSR count). The molecule has 1 aromatic heterocycles. The molecule has 0 aliphatic rings. The van der Waals surface area contributed by atoms with Crippen molar-refractivity contribution in [2.24, 2.45) is 7.05 Å². The molecular formula is C11H10N4O. The SMILES string of the molecule is Cn1cnc2ccc(NC(=O)CC#N)cc21. The van der Waals surface area contributed by atoms with Gasteiger partial charge in [-0.05, 0) is 18.2 Å². The summed E-state index contributed by atoms with van der Waals surface area (Å²) in [5.74, 6) is -0.302. The standard InChI is InChI=1S/C11H10N4O/c1-15-7-13-9-3-2-8(6-10(9)15)14-11(16)4-5-12/h2-3,6-7H,4H2,1H3,(H,14,16). The van der Waals surface area contributed by atoms with Crippen molar-refractivity contribution in [3.63, 3.8) is 0 Å². The zero-order valence-electron chi connectivity index (χ0n) is 8.77. The predicted molar refractivity (Wildman–Crippen MR) is 59.6 cm³/mol. The largest absolute Gasteiger partial charge is 0.334 e. The summed E-state index contributed by atoms with van der Waals surface area (Å²) in [5.41, 5.74) is 2.49. The van der Waals surface area contributed by atoms with E-state index in [1.54, 1.807) is 18.5 Å². The summed E-state index contributed by atoms with van der Waals surface area (Å²) >= 11 is 0. The maximum absolute atomic E-state index is 11.2. The molecule has 1 amide bonds. The van der Waals surface area contributed by atoms with E-state index >= 15 is 0 Å². The minimum Gasteiger partial charge on any atom is -0.334 e. The molecule has 0 spiro atoms. The third kappa shape index (κ3) is 1.86. The maximum atomic E-state index is 11.2. The van der Waals surface area contributed by atoms with Crippen LogP contribution in [0.2, 0.25) is 0 Å². The predicted octanol–water partition coefficient (Wildman–Crippen LogP) is 1.43. The lowest BCUT2D eigenvalue weighted by atomic mass is 10.2. The number of aryl methyl sites for hydroxylation is 1. The highest BCUT2D eigenvalue weighted by molar-refractivity contribution is 5.94. The summed E-state index contributed by atoms with van der Waals surface area (Å²) in [7, 11) is 1.89. The highest BCUT2D eigenvalue weighted by atomic mass is 16.1. The minimum atomic E-state index is -0.302. The first kappa shape index (κ1) is 10.2. The van der Waals surface area contributed by atoms with E-state index in [1.807, 2.05) is 23.7 Å². The molecule has 0 unspecified atom stereocenters. The van der Waals surface area contributed by atoms with Gasteiger partial charge in [-0.2, -0.15) is 5.26 Å². The number of rotatable bonds is 2. The second-order valence-corrected chi connectivity index (χ2v) is 3.44. The molecule has 0 fully saturated rings. The Hall–Kier alpha value is -2.35. The van der Waals surface area contributed by atoms with Crippen molar-refractivity contribution in [1.29, 1.82) is 5.26 Å².